The van der Waals surface area contributed by atoms with E-state index in [9.17, 15) is 46.7 Å². The molecule has 0 spiro atoms. The monoisotopic (exact) mass is 1250 g/mol. The van der Waals surface area contributed by atoms with E-state index in [1.807, 2.05) is 45.9 Å². The molecule has 7 heterocycles. The van der Waals surface area contributed by atoms with E-state index in [1.54, 1.807) is 35.9 Å². The summed E-state index contributed by atoms with van der Waals surface area (Å²) in [5, 5.41) is 20.3. The Bertz CT molecular complexity index is 3760. The van der Waals surface area contributed by atoms with E-state index in [1.165, 1.54) is 38.9 Å². The quantitative estimate of drug-likeness (QED) is 0.0377. The van der Waals surface area contributed by atoms with Crippen LogP contribution in [0.1, 0.15) is 131 Å². The number of carbonyl (C=O) groups excluding carboxylic acids is 5. The van der Waals surface area contributed by atoms with Gasteiger partial charge in [-0.15, -0.1) is 11.3 Å². The molecule has 0 saturated carbocycles. The number of pyridine rings is 2. The summed E-state index contributed by atoms with van der Waals surface area (Å²) in [5.74, 6) is -3.69. The largest absolute Gasteiger partial charge is 0.490 e. The van der Waals surface area contributed by atoms with Crippen molar-refractivity contribution in [3.8, 4) is 27.3 Å². The number of β-amino-alcohol motifs (C(OH)–C–C–N with tert-alkyl or cyclic N) is 1. The summed E-state index contributed by atoms with van der Waals surface area (Å²) >= 11 is 1.51. The van der Waals surface area contributed by atoms with Crippen LogP contribution in [0, 0.1) is 24.0 Å². The number of rotatable bonds is 23. The molecule has 0 aliphatic carbocycles. The van der Waals surface area contributed by atoms with Gasteiger partial charge in [0.2, 0.25) is 17.7 Å². The van der Waals surface area contributed by atoms with Crippen LogP contribution in [0.4, 0.5) is 25.1 Å². The zero-order valence-corrected chi connectivity index (χ0v) is 52.4. The maximum Gasteiger partial charge on any atom is 0.409 e. The number of likely N-dealkylation sites (tertiary alicyclic amines) is 2. The number of hydrogen-bond donors (Lipinski definition) is 5. The van der Waals surface area contributed by atoms with Crippen LogP contribution in [-0.4, -0.2) is 136 Å². The number of sulfone groups is 1. The molecule has 9 rings (SSSR count). The van der Waals surface area contributed by atoms with Crippen molar-refractivity contribution in [2.45, 2.75) is 148 Å². The number of fused-ring (bicyclic) bond motifs is 2. The van der Waals surface area contributed by atoms with Crippen molar-refractivity contribution < 1.29 is 55.8 Å². The van der Waals surface area contributed by atoms with Gasteiger partial charge in [-0.2, -0.15) is 0 Å². The highest BCUT2D eigenvalue weighted by atomic mass is 32.2. The standard InChI is InChI=1S/C63H78F2N10O11S2/c1-37-55(87-36-70-37)38-17-18-39(51(25-38)86-44-19-22-73(23-20-44)62(82)85-6)29-69-59(79)50-27-43(76)33-75(50)61(81)56(63(2,3)4)71-52(77)16-14-12-10-8-9-11-13-15-21-66-58(78)45-28-49-46(24-40(45)35-88(7,83)84)47-34-72(5)60(80)54-53(47)41(30-67-54)32-74(49)57-48(65)26-42(64)31-68-57/h17-18,24-26,28,30-31,34,36,43-44,50,56,67,76H,8-16,19-23,27,29,32-33,35H2,1-7H3,(H,66,78)(H,69,79)(H,71,77)/t43-,50+,56-/m1/s1. The number of aromatic amines is 1. The molecule has 25 heteroatoms. The number of aromatic nitrogens is 4. The van der Waals surface area contributed by atoms with Crippen molar-refractivity contribution >= 4 is 73.3 Å². The molecule has 5 N–H and O–H groups in total. The fraction of sp³-hybridized carbons (Fsp3) is 0.492. The third-order valence-electron chi connectivity index (χ3n) is 16.5. The Morgan fingerprint density at radius 3 is 2.32 bits per heavy atom. The summed E-state index contributed by atoms with van der Waals surface area (Å²) < 4.78 is 68.3. The fourth-order valence-electron chi connectivity index (χ4n) is 11.9. The Morgan fingerprint density at radius 2 is 1.65 bits per heavy atom. The number of thiazole rings is 1. The number of unbranched alkanes of at least 4 members (excludes halogenated alkanes) is 7. The van der Waals surface area contributed by atoms with Gasteiger partial charge in [0.15, 0.2) is 21.5 Å². The number of amides is 5. The molecule has 3 aliphatic rings. The molecule has 88 heavy (non-hydrogen) atoms. The summed E-state index contributed by atoms with van der Waals surface area (Å²) in [6, 6.07) is 7.63. The normalized spacial score (nSPS) is 16.5. The highest BCUT2D eigenvalue weighted by Crippen LogP contribution is 2.45. The summed E-state index contributed by atoms with van der Waals surface area (Å²) in [6.07, 6.45) is 11.5. The summed E-state index contributed by atoms with van der Waals surface area (Å²) in [5.41, 5.74) is 5.69. The number of aryl methyl sites for hydroxylation is 2. The zero-order valence-electron chi connectivity index (χ0n) is 50.8. The number of aliphatic hydroxyl groups is 1. The molecule has 2 saturated heterocycles. The molecular formula is C63H78F2N10O11S2. The lowest BCUT2D eigenvalue weighted by molar-refractivity contribution is -0.144. The molecule has 3 aliphatic heterocycles. The summed E-state index contributed by atoms with van der Waals surface area (Å²) in [7, 11) is -0.749. The van der Waals surface area contributed by atoms with Crippen molar-refractivity contribution in [1.82, 2.24) is 45.3 Å². The van der Waals surface area contributed by atoms with E-state index in [0.717, 1.165) is 67.1 Å². The van der Waals surface area contributed by atoms with Crippen LogP contribution in [0.2, 0.25) is 0 Å². The van der Waals surface area contributed by atoms with Gasteiger partial charge in [0.05, 0.1) is 53.5 Å². The van der Waals surface area contributed by atoms with E-state index in [4.69, 9.17) is 9.47 Å². The van der Waals surface area contributed by atoms with Crippen LogP contribution in [0.15, 0.2) is 65.3 Å². The number of anilines is 2. The van der Waals surface area contributed by atoms with Crippen molar-refractivity contribution in [2.24, 2.45) is 12.5 Å². The minimum Gasteiger partial charge on any atom is -0.490 e. The molecule has 5 amide bonds. The van der Waals surface area contributed by atoms with Gasteiger partial charge >= 0.3 is 6.09 Å². The molecule has 2 aromatic carbocycles. The second-order valence-electron chi connectivity index (χ2n) is 24.3. The van der Waals surface area contributed by atoms with E-state index in [-0.39, 0.29) is 73.1 Å². The van der Waals surface area contributed by atoms with E-state index < -0.39 is 68.5 Å². The third kappa shape index (κ3) is 15.2. The van der Waals surface area contributed by atoms with Crippen molar-refractivity contribution in [1.29, 1.82) is 0 Å². The van der Waals surface area contributed by atoms with Crippen LogP contribution in [0.3, 0.4) is 0 Å². The van der Waals surface area contributed by atoms with E-state index in [0.29, 0.717) is 96.0 Å². The number of H-pyrrole nitrogens is 1. The van der Waals surface area contributed by atoms with Crippen LogP contribution in [0.25, 0.3) is 32.5 Å². The first-order chi connectivity index (χ1) is 41.9. The molecule has 4 aromatic heterocycles. The lowest BCUT2D eigenvalue weighted by Gasteiger charge is -2.35. The van der Waals surface area contributed by atoms with Gasteiger partial charge in [0.25, 0.3) is 11.5 Å². The number of aliphatic hydroxyl groups excluding tert-OH is 1. The van der Waals surface area contributed by atoms with Crippen molar-refractivity contribution in [3.63, 3.8) is 0 Å². The van der Waals surface area contributed by atoms with Gasteiger partial charge in [0, 0.05) is 118 Å². The highest BCUT2D eigenvalue weighted by Gasteiger charge is 2.45. The number of hydrogen-bond acceptors (Lipinski definition) is 15. The minimum atomic E-state index is -3.68. The van der Waals surface area contributed by atoms with Gasteiger partial charge in [-0.3, -0.25) is 24.0 Å². The maximum atomic E-state index is 15.6. The highest BCUT2D eigenvalue weighted by molar-refractivity contribution is 7.89. The number of methoxy groups -OCH3 is 1. The number of halogens is 2. The van der Waals surface area contributed by atoms with Gasteiger partial charge in [-0.1, -0.05) is 71.4 Å². The minimum absolute atomic E-state index is 0.0146. The number of nitrogens with one attached hydrogen (secondary N) is 4. The zero-order chi connectivity index (χ0) is 63.2. The van der Waals surface area contributed by atoms with Crippen LogP contribution >= 0.6 is 11.3 Å². The Labute approximate surface area is 514 Å². The Kier molecular flexibility index (Phi) is 20.4. The van der Waals surface area contributed by atoms with Gasteiger partial charge < -0.3 is 54.8 Å². The first-order valence-electron chi connectivity index (χ1n) is 29.9. The van der Waals surface area contributed by atoms with Crippen molar-refractivity contribution in [3.05, 3.63) is 110 Å². The first-order valence-corrected chi connectivity index (χ1v) is 32.8. The lowest BCUT2D eigenvalue weighted by Crippen LogP contribution is -2.57. The third-order valence-corrected chi connectivity index (χ3v) is 18.3. The molecule has 0 unspecified atom stereocenters. The predicted molar refractivity (Wildman–Crippen MR) is 331 cm³/mol. The van der Waals surface area contributed by atoms with Gasteiger partial charge in [0.1, 0.15) is 35.3 Å². The van der Waals surface area contributed by atoms with E-state index in [2.05, 4.69) is 30.9 Å². The van der Waals surface area contributed by atoms with Gasteiger partial charge in [-0.05, 0) is 60.1 Å². The van der Waals surface area contributed by atoms with Crippen LogP contribution < -0.4 is 31.1 Å². The van der Waals surface area contributed by atoms with E-state index >= 15 is 4.39 Å². The smallest absolute Gasteiger partial charge is 0.409 e. The summed E-state index contributed by atoms with van der Waals surface area (Å²) in [6.45, 7) is 8.70. The first kappa shape index (κ1) is 64.7. The summed E-state index contributed by atoms with van der Waals surface area (Å²) in [4.78, 5) is 98.3. The Balaban J connectivity index is 0.739. The Morgan fingerprint density at radius 1 is 0.932 bits per heavy atom. The lowest BCUT2D eigenvalue weighted by atomic mass is 9.85. The second kappa shape index (κ2) is 27.7. The Hall–Kier alpha value is -7.77. The molecule has 6 aromatic rings. The number of piperidine rings is 1. The average molecular weight is 1250 g/mol. The molecule has 21 nitrogen and oxygen atoms in total. The number of ether oxygens (including phenoxy) is 2. The predicted octanol–water partition coefficient (Wildman–Crippen LogP) is 8.49. The average Bonchev–Trinajstić information content (AvgIpc) is 1.57. The second-order valence-corrected chi connectivity index (χ2v) is 27.3. The molecule has 3 atom stereocenters. The molecule has 472 valence electrons. The topological polar surface area (TPSA) is 268 Å². The number of nitrogens with zero attached hydrogens (tertiary/aromatic N) is 6. The fourth-order valence-corrected chi connectivity index (χ4v) is 13.5. The van der Waals surface area contributed by atoms with Crippen LogP contribution in [-0.2, 0) is 54.8 Å². The van der Waals surface area contributed by atoms with Gasteiger partial charge in [-0.25, -0.2) is 32.0 Å². The number of carbonyl (C=O) groups is 5. The molecule has 0 radical (unpaired) electrons. The molecule has 0 bridgehead atoms. The molecule has 2 fully saturated rings. The number of benzene rings is 2. The van der Waals surface area contributed by atoms with Crippen molar-refractivity contribution in [2.75, 3.05) is 44.4 Å². The maximum absolute atomic E-state index is 15.6. The van der Waals surface area contributed by atoms with Crippen LogP contribution in [0.5, 0.6) is 5.75 Å². The SMILES string of the molecule is COC(=O)N1CCC(Oc2cc(-c3scnc3C)ccc2CNC(=O)[C@@H]2C[C@@H](O)CN2C(=O)[C@@H](NC(=O)CCCCCCCCCCNC(=O)c2cc3c(cc2CS(C)(=O)=O)-c2cn(C)c(=O)c4[nH]cc(c24)CN3c2ncc(F)cc2F)C(C)(C)C)CC1. The molecular weight excluding hydrogens is 1170 g/mol.